The molecule has 0 saturated carbocycles. The van der Waals surface area contributed by atoms with Gasteiger partial charge in [-0.3, -0.25) is 4.79 Å². The molecular formula is C22H28BrClN2O3. The van der Waals surface area contributed by atoms with E-state index in [4.69, 9.17) is 21.1 Å². The maximum atomic E-state index is 12.1. The van der Waals surface area contributed by atoms with Crippen LogP contribution in [0, 0.1) is 6.92 Å². The molecule has 0 aliphatic rings. The van der Waals surface area contributed by atoms with Gasteiger partial charge in [-0.15, -0.1) is 0 Å². The second-order valence-corrected chi connectivity index (χ2v) is 8.99. The van der Waals surface area contributed by atoms with Crippen molar-refractivity contribution in [3.8, 4) is 11.5 Å². The quantitative estimate of drug-likeness (QED) is 0.504. The number of rotatable bonds is 8. The summed E-state index contributed by atoms with van der Waals surface area (Å²) in [6.07, 6.45) is 0. The van der Waals surface area contributed by atoms with E-state index in [1.54, 1.807) is 0 Å². The molecule has 0 radical (unpaired) electrons. The Morgan fingerprint density at radius 2 is 1.83 bits per heavy atom. The first-order valence-corrected chi connectivity index (χ1v) is 10.6. The first-order chi connectivity index (χ1) is 13.6. The monoisotopic (exact) mass is 482 g/mol. The predicted molar refractivity (Wildman–Crippen MR) is 122 cm³/mol. The van der Waals surface area contributed by atoms with E-state index in [0.29, 0.717) is 24.7 Å². The van der Waals surface area contributed by atoms with Crippen molar-refractivity contribution in [2.45, 2.75) is 46.7 Å². The average molecular weight is 484 g/mol. The van der Waals surface area contributed by atoms with Crippen LogP contribution in [0.25, 0.3) is 0 Å². The van der Waals surface area contributed by atoms with Crippen LogP contribution < -0.4 is 20.1 Å². The third-order valence-electron chi connectivity index (χ3n) is 3.94. The molecule has 2 aromatic carbocycles. The molecule has 0 aliphatic carbocycles. The van der Waals surface area contributed by atoms with Gasteiger partial charge in [0.05, 0.1) is 6.61 Å². The van der Waals surface area contributed by atoms with Crippen LogP contribution in [0.5, 0.6) is 11.5 Å². The average Bonchev–Trinajstić information content (AvgIpc) is 2.62. The Kier molecular flexibility index (Phi) is 8.23. The number of nitrogens with one attached hydrogen (secondary N) is 2. The van der Waals surface area contributed by atoms with E-state index < -0.39 is 0 Å². The highest BCUT2D eigenvalue weighted by atomic mass is 79.9. The van der Waals surface area contributed by atoms with Crippen LogP contribution in [0.2, 0.25) is 5.02 Å². The number of aryl methyl sites for hydroxylation is 1. The van der Waals surface area contributed by atoms with Crippen LogP contribution in [0.4, 0.5) is 5.69 Å². The molecule has 0 fully saturated rings. The number of halogens is 2. The zero-order chi connectivity index (χ0) is 21.6. The molecule has 1 amide bonds. The number of benzene rings is 2. The Balaban J connectivity index is 2.11. The lowest BCUT2D eigenvalue weighted by atomic mass is 10.1. The molecule has 0 atom stereocenters. The summed E-state index contributed by atoms with van der Waals surface area (Å²) in [7, 11) is 0. The number of carbonyl (C=O) groups excluding carboxylic acids is 1. The van der Waals surface area contributed by atoms with E-state index in [1.807, 2.05) is 65.0 Å². The largest absolute Gasteiger partial charge is 0.490 e. The number of carbonyl (C=O) groups is 1. The van der Waals surface area contributed by atoms with Crippen molar-refractivity contribution in [2.24, 2.45) is 0 Å². The van der Waals surface area contributed by atoms with E-state index in [9.17, 15) is 4.79 Å². The van der Waals surface area contributed by atoms with Gasteiger partial charge < -0.3 is 20.1 Å². The molecule has 2 N–H and O–H groups in total. The lowest BCUT2D eigenvalue weighted by molar-refractivity contribution is -0.124. The molecule has 5 nitrogen and oxygen atoms in total. The second-order valence-electron chi connectivity index (χ2n) is 7.73. The van der Waals surface area contributed by atoms with Crippen LogP contribution >= 0.6 is 27.5 Å². The lowest BCUT2D eigenvalue weighted by Gasteiger charge is -2.21. The molecule has 0 spiro atoms. The Bertz CT molecular complexity index is 866. The van der Waals surface area contributed by atoms with Gasteiger partial charge >= 0.3 is 0 Å². The van der Waals surface area contributed by atoms with Crippen molar-refractivity contribution >= 4 is 39.1 Å². The summed E-state index contributed by atoms with van der Waals surface area (Å²) < 4.78 is 12.3. The summed E-state index contributed by atoms with van der Waals surface area (Å²) in [5.41, 5.74) is 2.66. The normalized spacial score (nSPS) is 11.1. The van der Waals surface area contributed by atoms with E-state index in [0.717, 1.165) is 26.3 Å². The van der Waals surface area contributed by atoms with Crippen molar-refractivity contribution in [1.82, 2.24) is 5.32 Å². The van der Waals surface area contributed by atoms with Crippen molar-refractivity contribution < 1.29 is 14.3 Å². The molecule has 0 aliphatic heterocycles. The summed E-state index contributed by atoms with van der Waals surface area (Å²) >= 11 is 9.78. The fourth-order valence-electron chi connectivity index (χ4n) is 2.59. The SMILES string of the molecule is CCOc1cc(CNc2ccc(C)c(Cl)c2)c(Br)cc1OCC(=O)NC(C)(C)C. The van der Waals surface area contributed by atoms with Gasteiger partial charge in [0.2, 0.25) is 0 Å². The van der Waals surface area contributed by atoms with Gasteiger partial charge in [-0.1, -0.05) is 33.6 Å². The Morgan fingerprint density at radius 3 is 2.45 bits per heavy atom. The van der Waals surface area contributed by atoms with Crippen molar-refractivity contribution in [1.29, 1.82) is 0 Å². The molecule has 158 valence electrons. The third kappa shape index (κ3) is 7.44. The van der Waals surface area contributed by atoms with E-state index in [2.05, 4.69) is 26.6 Å². The summed E-state index contributed by atoms with van der Waals surface area (Å²) in [5.74, 6) is 0.931. The highest BCUT2D eigenvalue weighted by molar-refractivity contribution is 9.10. The smallest absolute Gasteiger partial charge is 0.258 e. The Hall–Kier alpha value is -1.92. The van der Waals surface area contributed by atoms with Crippen LogP contribution in [0.1, 0.15) is 38.8 Å². The van der Waals surface area contributed by atoms with Crippen LogP contribution in [-0.2, 0) is 11.3 Å². The predicted octanol–water partition coefficient (Wildman–Crippen LogP) is 5.72. The minimum absolute atomic E-state index is 0.0801. The molecule has 0 unspecified atom stereocenters. The van der Waals surface area contributed by atoms with Crippen LogP contribution in [0.15, 0.2) is 34.8 Å². The molecular weight excluding hydrogens is 456 g/mol. The van der Waals surface area contributed by atoms with Gasteiger partial charge in [-0.25, -0.2) is 0 Å². The summed E-state index contributed by atoms with van der Waals surface area (Å²) in [6.45, 7) is 10.6. The van der Waals surface area contributed by atoms with Crippen LogP contribution in [-0.4, -0.2) is 24.7 Å². The number of amides is 1. The molecule has 0 aromatic heterocycles. The fraction of sp³-hybridized carbons (Fsp3) is 0.409. The van der Waals surface area contributed by atoms with Gasteiger partial charge in [0.25, 0.3) is 5.91 Å². The Labute approximate surface area is 186 Å². The zero-order valence-electron chi connectivity index (χ0n) is 17.5. The van der Waals surface area contributed by atoms with Crippen LogP contribution in [0.3, 0.4) is 0 Å². The maximum Gasteiger partial charge on any atom is 0.258 e. The topological polar surface area (TPSA) is 59.6 Å². The molecule has 0 heterocycles. The van der Waals surface area contributed by atoms with Crippen molar-refractivity contribution in [3.63, 3.8) is 0 Å². The maximum absolute atomic E-state index is 12.1. The summed E-state index contributed by atoms with van der Waals surface area (Å²) in [5, 5.41) is 6.96. The standard InChI is InChI=1S/C22H28BrClN2O3/c1-6-28-19-9-15(12-25-16-8-7-14(2)18(24)10-16)17(23)11-20(19)29-13-21(27)26-22(3,4)5/h7-11,25H,6,12-13H2,1-5H3,(H,26,27). The first-order valence-electron chi connectivity index (χ1n) is 9.48. The van der Waals surface area contributed by atoms with Gasteiger partial charge in [0, 0.05) is 27.3 Å². The highest BCUT2D eigenvalue weighted by Gasteiger charge is 2.16. The van der Waals surface area contributed by atoms with Crippen molar-refractivity contribution in [3.05, 3.63) is 51.0 Å². The zero-order valence-corrected chi connectivity index (χ0v) is 19.8. The van der Waals surface area contributed by atoms with E-state index in [1.165, 1.54) is 0 Å². The number of hydrogen-bond donors (Lipinski definition) is 2. The number of ether oxygens (including phenoxy) is 2. The van der Waals surface area contributed by atoms with Gasteiger partial charge in [0.15, 0.2) is 18.1 Å². The van der Waals surface area contributed by atoms with Gasteiger partial charge in [0.1, 0.15) is 0 Å². The molecule has 2 aromatic rings. The molecule has 29 heavy (non-hydrogen) atoms. The minimum atomic E-state index is -0.307. The highest BCUT2D eigenvalue weighted by Crippen LogP contribution is 2.34. The molecule has 2 rings (SSSR count). The number of anilines is 1. The van der Waals surface area contributed by atoms with E-state index >= 15 is 0 Å². The summed E-state index contributed by atoms with van der Waals surface area (Å²) in [6, 6.07) is 9.61. The molecule has 0 bridgehead atoms. The van der Waals surface area contributed by atoms with Crippen molar-refractivity contribution in [2.75, 3.05) is 18.5 Å². The molecule has 7 heteroatoms. The summed E-state index contributed by atoms with van der Waals surface area (Å²) in [4.78, 5) is 12.1. The van der Waals surface area contributed by atoms with Gasteiger partial charge in [-0.05, 0) is 70.0 Å². The molecule has 0 saturated heterocycles. The fourth-order valence-corrected chi connectivity index (χ4v) is 3.23. The second kappa shape index (κ2) is 10.2. The third-order valence-corrected chi connectivity index (χ3v) is 5.09. The van der Waals surface area contributed by atoms with Gasteiger partial charge in [-0.2, -0.15) is 0 Å². The minimum Gasteiger partial charge on any atom is -0.490 e. The first kappa shape index (κ1) is 23.4. The lowest BCUT2D eigenvalue weighted by Crippen LogP contribution is -2.43. The van der Waals surface area contributed by atoms with E-state index in [-0.39, 0.29) is 18.1 Å². The Morgan fingerprint density at radius 1 is 1.14 bits per heavy atom. The number of hydrogen-bond acceptors (Lipinski definition) is 4.